The first-order chi connectivity index (χ1) is 8.74. The van der Waals surface area contributed by atoms with Gasteiger partial charge < -0.3 is 19.8 Å². The van der Waals surface area contributed by atoms with Crippen LogP contribution in [-0.4, -0.2) is 22.4 Å². The van der Waals surface area contributed by atoms with Crippen molar-refractivity contribution in [2.75, 3.05) is 6.61 Å². The van der Waals surface area contributed by atoms with Gasteiger partial charge in [0.1, 0.15) is 18.5 Å². The maximum Gasteiger partial charge on any atom is 0.119 e. The standard InChI is InChI=1S/C14H16N2O2/c15-12-6-8-16(9-7-12)10-13(17)11-18-14-4-2-1-3-5-14/h1-9,13,15,17H,10-11H2/t13-/m1/s1. The van der Waals surface area contributed by atoms with Crippen LogP contribution in [0.4, 0.5) is 0 Å². The lowest BCUT2D eigenvalue weighted by atomic mass is 10.3. The molecule has 1 atom stereocenters. The quantitative estimate of drug-likeness (QED) is 0.835. The summed E-state index contributed by atoms with van der Waals surface area (Å²) >= 11 is 0. The maximum absolute atomic E-state index is 9.84. The Balaban J connectivity index is 1.83. The van der Waals surface area contributed by atoms with Crippen molar-refractivity contribution in [2.45, 2.75) is 12.6 Å². The minimum Gasteiger partial charge on any atom is -0.491 e. The van der Waals surface area contributed by atoms with Crippen molar-refractivity contribution >= 4 is 0 Å². The average molecular weight is 244 g/mol. The highest BCUT2D eigenvalue weighted by molar-refractivity contribution is 5.20. The molecular formula is C14H16N2O2. The van der Waals surface area contributed by atoms with Gasteiger partial charge in [-0.15, -0.1) is 0 Å². The molecule has 0 aliphatic carbocycles. The molecule has 4 nitrogen and oxygen atoms in total. The lowest BCUT2D eigenvalue weighted by molar-refractivity contribution is 0.0923. The molecule has 1 aromatic heterocycles. The number of rotatable bonds is 5. The van der Waals surface area contributed by atoms with Crippen LogP contribution in [-0.2, 0) is 6.54 Å². The zero-order chi connectivity index (χ0) is 12.8. The SMILES string of the molecule is N=c1ccn(C[C@@H](O)COc2ccccc2)cc1. The van der Waals surface area contributed by atoms with Crippen molar-refractivity contribution in [3.05, 3.63) is 60.2 Å². The average Bonchev–Trinajstić information content (AvgIpc) is 2.40. The van der Waals surface area contributed by atoms with Crippen molar-refractivity contribution in [2.24, 2.45) is 0 Å². The van der Waals surface area contributed by atoms with Crippen LogP contribution in [0.3, 0.4) is 0 Å². The molecule has 1 aromatic carbocycles. The van der Waals surface area contributed by atoms with Gasteiger partial charge in [-0.2, -0.15) is 0 Å². The van der Waals surface area contributed by atoms with E-state index in [1.54, 1.807) is 24.5 Å². The molecule has 0 amide bonds. The number of hydrogen-bond donors (Lipinski definition) is 2. The van der Waals surface area contributed by atoms with Gasteiger partial charge in [0.25, 0.3) is 0 Å². The number of para-hydroxylation sites is 1. The van der Waals surface area contributed by atoms with Gasteiger partial charge in [0.2, 0.25) is 0 Å². The van der Waals surface area contributed by atoms with E-state index in [2.05, 4.69) is 0 Å². The zero-order valence-electron chi connectivity index (χ0n) is 9.99. The van der Waals surface area contributed by atoms with Crippen LogP contribution in [0.1, 0.15) is 0 Å². The molecule has 94 valence electrons. The smallest absolute Gasteiger partial charge is 0.119 e. The third-order valence-electron chi connectivity index (χ3n) is 2.50. The van der Waals surface area contributed by atoms with Gasteiger partial charge in [-0.3, -0.25) is 0 Å². The van der Waals surface area contributed by atoms with Crippen molar-refractivity contribution in [3.8, 4) is 5.75 Å². The van der Waals surface area contributed by atoms with Gasteiger partial charge in [-0.05, 0) is 24.3 Å². The van der Waals surface area contributed by atoms with E-state index in [0.29, 0.717) is 11.9 Å². The van der Waals surface area contributed by atoms with Crippen LogP contribution >= 0.6 is 0 Å². The molecular weight excluding hydrogens is 228 g/mol. The summed E-state index contributed by atoms with van der Waals surface area (Å²) in [7, 11) is 0. The van der Waals surface area contributed by atoms with Gasteiger partial charge in [0, 0.05) is 12.4 Å². The van der Waals surface area contributed by atoms with Crippen molar-refractivity contribution in [3.63, 3.8) is 0 Å². The second-order valence-electron chi connectivity index (χ2n) is 4.06. The molecule has 4 heteroatoms. The first-order valence-electron chi connectivity index (χ1n) is 5.80. The molecule has 0 radical (unpaired) electrons. The van der Waals surface area contributed by atoms with Crippen molar-refractivity contribution < 1.29 is 9.84 Å². The number of pyridine rings is 1. The minimum atomic E-state index is -0.577. The minimum absolute atomic E-state index is 0.250. The van der Waals surface area contributed by atoms with Crippen molar-refractivity contribution in [1.29, 1.82) is 5.41 Å². The van der Waals surface area contributed by atoms with Crippen LogP contribution < -0.4 is 10.1 Å². The summed E-state index contributed by atoms with van der Waals surface area (Å²) in [5.74, 6) is 0.753. The third-order valence-corrected chi connectivity index (χ3v) is 2.50. The van der Waals surface area contributed by atoms with Gasteiger partial charge in [0.15, 0.2) is 0 Å². The summed E-state index contributed by atoms with van der Waals surface area (Å²) in [4.78, 5) is 0. The molecule has 0 aliphatic heterocycles. The normalized spacial score (nSPS) is 12.1. The Morgan fingerprint density at radius 3 is 2.44 bits per heavy atom. The summed E-state index contributed by atoms with van der Waals surface area (Å²) in [5, 5.41) is 17.7. The van der Waals surface area contributed by atoms with E-state index < -0.39 is 6.10 Å². The third kappa shape index (κ3) is 3.75. The topological polar surface area (TPSA) is 58.2 Å². The lowest BCUT2D eigenvalue weighted by Gasteiger charge is -2.14. The number of hydrogen-bond acceptors (Lipinski definition) is 3. The molecule has 0 bridgehead atoms. The Labute approximate surface area is 106 Å². The molecule has 0 unspecified atom stereocenters. The zero-order valence-corrected chi connectivity index (χ0v) is 9.99. The molecule has 2 N–H and O–H groups in total. The van der Waals surface area contributed by atoms with Crippen LogP contribution in [0.25, 0.3) is 0 Å². The Hall–Kier alpha value is -2.07. The highest BCUT2D eigenvalue weighted by Gasteiger charge is 2.05. The van der Waals surface area contributed by atoms with E-state index >= 15 is 0 Å². The van der Waals surface area contributed by atoms with E-state index in [4.69, 9.17) is 10.1 Å². The number of ether oxygens (including phenoxy) is 1. The Morgan fingerprint density at radius 2 is 1.78 bits per heavy atom. The van der Waals surface area contributed by atoms with Crippen LogP contribution in [0, 0.1) is 5.41 Å². The fourth-order valence-electron chi connectivity index (χ4n) is 1.58. The van der Waals surface area contributed by atoms with E-state index in [9.17, 15) is 5.11 Å². The van der Waals surface area contributed by atoms with E-state index in [1.165, 1.54) is 0 Å². The van der Waals surface area contributed by atoms with Gasteiger partial charge in [-0.1, -0.05) is 18.2 Å². The number of aliphatic hydroxyl groups excluding tert-OH is 1. The fourth-order valence-corrected chi connectivity index (χ4v) is 1.58. The Morgan fingerprint density at radius 1 is 1.11 bits per heavy atom. The maximum atomic E-state index is 9.84. The van der Waals surface area contributed by atoms with Crippen molar-refractivity contribution in [1.82, 2.24) is 4.57 Å². The second-order valence-corrected chi connectivity index (χ2v) is 4.06. The Bertz CT molecular complexity index is 516. The molecule has 0 fully saturated rings. The predicted octanol–water partition coefficient (Wildman–Crippen LogP) is 1.41. The molecule has 2 aromatic rings. The van der Waals surface area contributed by atoms with Gasteiger partial charge in [0.05, 0.1) is 11.9 Å². The first-order valence-corrected chi connectivity index (χ1v) is 5.80. The molecule has 2 rings (SSSR count). The summed E-state index contributed by atoms with van der Waals surface area (Å²) in [6.07, 6.45) is 2.97. The van der Waals surface area contributed by atoms with E-state index in [-0.39, 0.29) is 6.61 Å². The summed E-state index contributed by atoms with van der Waals surface area (Å²) < 4.78 is 7.29. The molecule has 1 heterocycles. The highest BCUT2D eigenvalue weighted by atomic mass is 16.5. The highest BCUT2D eigenvalue weighted by Crippen LogP contribution is 2.08. The summed E-state index contributed by atoms with van der Waals surface area (Å²) in [6, 6.07) is 12.8. The Kier molecular flexibility index (Phi) is 4.15. The fraction of sp³-hybridized carbons (Fsp3) is 0.214. The molecule has 0 spiro atoms. The summed E-state index contributed by atoms with van der Waals surface area (Å²) in [5.41, 5.74) is 0. The molecule has 18 heavy (non-hydrogen) atoms. The predicted molar refractivity (Wildman–Crippen MR) is 68.2 cm³/mol. The second kappa shape index (κ2) is 6.02. The number of aliphatic hydroxyl groups is 1. The van der Waals surface area contributed by atoms with E-state index in [0.717, 1.165) is 5.75 Å². The first kappa shape index (κ1) is 12.4. The van der Waals surface area contributed by atoms with Crippen LogP contribution in [0.2, 0.25) is 0 Å². The number of nitrogens with zero attached hydrogens (tertiary/aromatic N) is 1. The van der Waals surface area contributed by atoms with Gasteiger partial charge >= 0.3 is 0 Å². The molecule has 0 saturated heterocycles. The number of benzene rings is 1. The summed E-state index contributed by atoms with van der Waals surface area (Å²) in [6.45, 7) is 0.701. The molecule has 0 aliphatic rings. The monoisotopic (exact) mass is 244 g/mol. The number of aromatic nitrogens is 1. The van der Waals surface area contributed by atoms with Crippen LogP contribution in [0.5, 0.6) is 5.75 Å². The van der Waals surface area contributed by atoms with Gasteiger partial charge in [-0.25, -0.2) is 0 Å². The number of nitrogens with one attached hydrogen (secondary N) is 1. The van der Waals surface area contributed by atoms with Crippen LogP contribution in [0.15, 0.2) is 54.9 Å². The molecule has 0 saturated carbocycles. The van der Waals surface area contributed by atoms with E-state index in [1.807, 2.05) is 34.9 Å². The lowest BCUT2D eigenvalue weighted by Crippen LogP contribution is -2.23. The largest absolute Gasteiger partial charge is 0.491 e.